The highest BCUT2D eigenvalue weighted by Crippen LogP contribution is 2.42. The molecule has 0 amide bonds. The van der Waals surface area contributed by atoms with Crippen molar-refractivity contribution < 1.29 is 14.4 Å². The molecule has 11 heteroatoms. The van der Waals surface area contributed by atoms with Crippen LogP contribution in [0.4, 0.5) is 0 Å². The van der Waals surface area contributed by atoms with Crippen LogP contribution >= 0.6 is 43.6 Å². The number of aryl methyl sites for hydroxylation is 1. The highest BCUT2D eigenvalue weighted by atomic mass is 79.9. The third-order valence-corrected chi connectivity index (χ3v) is 6.86. The SMILES string of the molecule is C=CCOc1c(Br)cc([C@H](C[N+](=O)[O-])Sc2nnc(C)n2-c2ccc(OCC)cc2)cc1Br. The summed E-state index contributed by atoms with van der Waals surface area (Å²) in [5, 5.41) is 20.0. The summed E-state index contributed by atoms with van der Waals surface area (Å²) >= 11 is 8.30. The number of nitrogens with zero attached hydrogens (tertiary/aromatic N) is 4. The van der Waals surface area contributed by atoms with Gasteiger partial charge >= 0.3 is 0 Å². The smallest absolute Gasteiger partial charge is 0.220 e. The maximum atomic E-state index is 11.5. The predicted octanol–water partition coefficient (Wildman–Crippen LogP) is 6.17. The lowest BCUT2D eigenvalue weighted by Gasteiger charge is -2.17. The van der Waals surface area contributed by atoms with Crippen LogP contribution in [0.25, 0.3) is 5.69 Å². The number of halogens is 2. The van der Waals surface area contributed by atoms with Crippen molar-refractivity contribution in [2.45, 2.75) is 24.3 Å². The van der Waals surface area contributed by atoms with Gasteiger partial charge in [-0.05, 0) is 87.7 Å². The van der Waals surface area contributed by atoms with Crippen molar-refractivity contribution in [1.29, 1.82) is 0 Å². The number of aromatic nitrogens is 3. The van der Waals surface area contributed by atoms with Gasteiger partial charge in [0, 0.05) is 10.6 Å². The fourth-order valence-electron chi connectivity index (χ4n) is 3.09. The first-order valence-corrected chi connectivity index (χ1v) is 12.5. The minimum absolute atomic E-state index is 0.286. The zero-order valence-electron chi connectivity index (χ0n) is 18.0. The first kappa shape index (κ1) is 25.3. The quantitative estimate of drug-likeness (QED) is 0.113. The largest absolute Gasteiger partial charge is 0.494 e. The van der Waals surface area contributed by atoms with E-state index in [4.69, 9.17) is 9.47 Å². The van der Waals surface area contributed by atoms with Crippen molar-refractivity contribution in [2.75, 3.05) is 19.8 Å². The van der Waals surface area contributed by atoms with E-state index in [1.807, 2.05) is 54.8 Å². The van der Waals surface area contributed by atoms with Crippen LogP contribution in [-0.2, 0) is 0 Å². The summed E-state index contributed by atoms with van der Waals surface area (Å²) in [6, 6.07) is 11.2. The topological polar surface area (TPSA) is 92.3 Å². The average Bonchev–Trinajstić information content (AvgIpc) is 3.13. The van der Waals surface area contributed by atoms with Gasteiger partial charge < -0.3 is 9.47 Å². The Morgan fingerprint density at radius 1 is 1.21 bits per heavy atom. The third kappa shape index (κ3) is 6.36. The Bertz CT molecular complexity index is 1110. The van der Waals surface area contributed by atoms with Crippen LogP contribution in [0.5, 0.6) is 11.5 Å². The number of hydrogen-bond acceptors (Lipinski definition) is 7. The van der Waals surface area contributed by atoms with E-state index in [1.165, 1.54) is 11.8 Å². The molecule has 0 aliphatic rings. The number of rotatable bonds is 11. The van der Waals surface area contributed by atoms with Crippen molar-refractivity contribution >= 4 is 43.6 Å². The van der Waals surface area contributed by atoms with E-state index in [2.05, 4.69) is 48.6 Å². The molecule has 3 aromatic rings. The Balaban J connectivity index is 1.95. The fraction of sp³-hybridized carbons (Fsp3) is 0.273. The number of nitro groups is 1. The maximum Gasteiger partial charge on any atom is 0.220 e. The molecule has 0 fully saturated rings. The van der Waals surface area contributed by atoms with Crippen molar-refractivity contribution in [1.82, 2.24) is 14.8 Å². The Hall–Kier alpha value is -2.37. The van der Waals surface area contributed by atoms with E-state index < -0.39 is 5.25 Å². The molecule has 8 nitrogen and oxygen atoms in total. The molecule has 0 saturated heterocycles. The van der Waals surface area contributed by atoms with Gasteiger partial charge in [-0.3, -0.25) is 14.7 Å². The summed E-state index contributed by atoms with van der Waals surface area (Å²) in [5.41, 5.74) is 1.60. The van der Waals surface area contributed by atoms with E-state index in [0.717, 1.165) is 17.0 Å². The summed E-state index contributed by atoms with van der Waals surface area (Å²) < 4.78 is 14.4. The van der Waals surface area contributed by atoms with Crippen molar-refractivity contribution in [3.63, 3.8) is 0 Å². The molecule has 33 heavy (non-hydrogen) atoms. The van der Waals surface area contributed by atoms with Crippen LogP contribution < -0.4 is 9.47 Å². The lowest BCUT2D eigenvalue weighted by Crippen LogP contribution is -2.11. The molecule has 1 heterocycles. The lowest BCUT2D eigenvalue weighted by molar-refractivity contribution is -0.479. The standard InChI is InChI=1S/C22H22Br2N4O4S/c1-4-10-32-21-18(23)11-15(12-19(21)24)20(13-27(29)30)33-22-26-25-14(3)28(22)16-6-8-17(9-7-16)31-5-2/h4,6-9,11-12,20H,1,5,10,13H2,2-3H3/t20-/m0/s1. The van der Waals surface area contributed by atoms with E-state index in [-0.39, 0.29) is 11.5 Å². The van der Waals surface area contributed by atoms with Crippen LogP contribution in [-0.4, -0.2) is 39.4 Å². The van der Waals surface area contributed by atoms with Crippen LogP contribution in [0.2, 0.25) is 0 Å². The molecule has 0 bridgehead atoms. The Morgan fingerprint density at radius 2 is 1.88 bits per heavy atom. The molecule has 0 aliphatic carbocycles. The lowest BCUT2D eigenvalue weighted by atomic mass is 10.1. The first-order chi connectivity index (χ1) is 15.8. The molecule has 0 saturated carbocycles. The monoisotopic (exact) mass is 596 g/mol. The zero-order valence-corrected chi connectivity index (χ0v) is 22.0. The van der Waals surface area contributed by atoms with E-state index >= 15 is 0 Å². The van der Waals surface area contributed by atoms with Crippen molar-refractivity contribution in [2.24, 2.45) is 0 Å². The van der Waals surface area contributed by atoms with E-state index in [1.54, 1.807) is 6.08 Å². The van der Waals surface area contributed by atoms with Crippen LogP contribution in [0.3, 0.4) is 0 Å². The molecule has 0 spiro atoms. The summed E-state index contributed by atoms with van der Waals surface area (Å²) in [4.78, 5) is 11.2. The number of thioether (sulfide) groups is 1. The summed E-state index contributed by atoms with van der Waals surface area (Å²) in [7, 11) is 0. The molecule has 1 atom stereocenters. The minimum Gasteiger partial charge on any atom is -0.494 e. The van der Waals surface area contributed by atoms with Crippen LogP contribution in [0.1, 0.15) is 23.6 Å². The third-order valence-electron chi connectivity index (χ3n) is 4.50. The number of benzene rings is 2. The Morgan fingerprint density at radius 3 is 2.45 bits per heavy atom. The number of hydrogen-bond donors (Lipinski definition) is 0. The summed E-state index contributed by atoms with van der Waals surface area (Å²) in [5.74, 6) is 2.05. The fourth-order valence-corrected chi connectivity index (χ4v) is 5.70. The molecule has 2 aromatic carbocycles. The van der Waals surface area contributed by atoms with Crippen molar-refractivity contribution in [3.8, 4) is 17.2 Å². The normalized spacial score (nSPS) is 11.8. The average molecular weight is 598 g/mol. The van der Waals surface area contributed by atoms with Gasteiger partial charge in [0.15, 0.2) is 5.16 Å². The zero-order chi connectivity index (χ0) is 24.0. The van der Waals surface area contributed by atoms with Crippen LogP contribution in [0.15, 0.2) is 63.2 Å². The highest BCUT2D eigenvalue weighted by Gasteiger charge is 2.25. The highest BCUT2D eigenvalue weighted by molar-refractivity contribution is 9.11. The second kappa shape index (κ2) is 11.7. The minimum atomic E-state index is -0.508. The molecular formula is C22H22Br2N4O4S. The van der Waals surface area contributed by atoms with Crippen LogP contribution in [0, 0.1) is 17.0 Å². The summed E-state index contributed by atoms with van der Waals surface area (Å²) in [6.07, 6.45) is 1.65. The van der Waals surface area contributed by atoms with Gasteiger partial charge in [-0.25, -0.2) is 0 Å². The number of ether oxygens (including phenoxy) is 2. The van der Waals surface area contributed by atoms with Gasteiger partial charge in [-0.1, -0.05) is 24.4 Å². The van der Waals surface area contributed by atoms with Gasteiger partial charge in [0.05, 0.1) is 15.6 Å². The van der Waals surface area contributed by atoms with E-state index in [9.17, 15) is 10.1 Å². The molecule has 0 N–H and O–H groups in total. The summed E-state index contributed by atoms with van der Waals surface area (Å²) in [6.45, 7) is 8.06. The van der Waals surface area contributed by atoms with E-state index in [0.29, 0.717) is 38.9 Å². The maximum absolute atomic E-state index is 11.5. The van der Waals surface area contributed by atoms with Gasteiger partial charge in [-0.15, -0.1) is 10.2 Å². The molecule has 1 aromatic heterocycles. The molecule has 0 radical (unpaired) electrons. The van der Waals surface area contributed by atoms with Crippen molar-refractivity contribution in [3.05, 3.63) is 79.5 Å². The predicted molar refractivity (Wildman–Crippen MR) is 135 cm³/mol. The van der Waals surface area contributed by atoms with Gasteiger partial charge in [0.2, 0.25) is 6.54 Å². The second-order valence-corrected chi connectivity index (χ2v) is 9.71. The van der Waals surface area contributed by atoms with Gasteiger partial charge in [0.25, 0.3) is 0 Å². The molecular weight excluding hydrogens is 576 g/mol. The molecule has 0 unspecified atom stereocenters. The Labute approximate surface area is 212 Å². The molecule has 3 rings (SSSR count). The molecule has 0 aliphatic heterocycles. The van der Waals surface area contributed by atoms with Gasteiger partial charge in [0.1, 0.15) is 29.2 Å². The first-order valence-electron chi connectivity index (χ1n) is 10.00. The Kier molecular flexibility index (Phi) is 8.93. The van der Waals surface area contributed by atoms with Gasteiger partial charge in [-0.2, -0.15) is 0 Å². The second-order valence-electron chi connectivity index (χ2n) is 6.83. The molecule has 174 valence electrons.